The first-order valence-electron chi connectivity index (χ1n) is 6.76. The zero-order valence-corrected chi connectivity index (χ0v) is 13.6. The number of rotatable bonds is 4. The van der Waals surface area contributed by atoms with E-state index in [4.69, 9.17) is 0 Å². The third-order valence-corrected chi connectivity index (χ3v) is 6.34. The molecule has 0 radical (unpaired) electrons. The summed E-state index contributed by atoms with van der Waals surface area (Å²) in [6, 6.07) is 7.33. The van der Waals surface area contributed by atoms with E-state index in [1.165, 1.54) is 0 Å². The fraction of sp³-hybridized carbons (Fsp3) is 0.571. The summed E-state index contributed by atoms with van der Waals surface area (Å²) in [6.07, 6.45) is 3.97. The van der Waals surface area contributed by atoms with Gasteiger partial charge in [-0.3, -0.25) is 0 Å². The van der Waals surface area contributed by atoms with Crippen molar-refractivity contribution < 1.29 is 8.42 Å². The van der Waals surface area contributed by atoms with E-state index in [9.17, 15) is 8.42 Å². The molecule has 19 heavy (non-hydrogen) atoms. The molecule has 0 aromatic heterocycles. The maximum Gasteiger partial charge on any atom is 0.243 e. The fourth-order valence-electron chi connectivity index (χ4n) is 2.58. The average Bonchev–Trinajstić information content (AvgIpc) is 2.47. The summed E-state index contributed by atoms with van der Waals surface area (Å²) >= 11 is 3.37. The Balaban J connectivity index is 2.29. The topological polar surface area (TPSA) is 37.4 Å². The van der Waals surface area contributed by atoms with Crippen molar-refractivity contribution in [3.8, 4) is 0 Å². The fourth-order valence-corrected chi connectivity index (χ4v) is 4.73. The van der Waals surface area contributed by atoms with Crippen molar-refractivity contribution in [2.45, 2.75) is 48.9 Å². The number of piperidine rings is 1. The van der Waals surface area contributed by atoms with E-state index >= 15 is 0 Å². The van der Waals surface area contributed by atoms with Gasteiger partial charge >= 0.3 is 0 Å². The molecule has 5 heteroatoms. The van der Waals surface area contributed by atoms with Crippen molar-refractivity contribution in [2.75, 3.05) is 6.54 Å². The van der Waals surface area contributed by atoms with E-state index in [1.807, 2.05) is 12.1 Å². The zero-order chi connectivity index (χ0) is 13.9. The summed E-state index contributed by atoms with van der Waals surface area (Å²) < 4.78 is 27.0. The molecule has 0 saturated carbocycles. The molecule has 1 atom stereocenters. The molecule has 1 aromatic carbocycles. The largest absolute Gasteiger partial charge is 0.243 e. The van der Waals surface area contributed by atoms with E-state index in [-0.39, 0.29) is 6.04 Å². The van der Waals surface area contributed by atoms with Crippen molar-refractivity contribution >= 4 is 26.0 Å². The lowest BCUT2D eigenvalue weighted by molar-refractivity contribution is 0.246. The third kappa shape index (κ3) is 3.20. The molecule has 1 aliphatic heterocycles. The quantitative estimate of drug-likeness (QED) is 0.782. The molecule has 0 spiro atoms. The van der Waals surface area contributed by atoms with Crippen LogP contribution in [0.15, 0.2) is 29.2 Å². The van der Waals surface area contributed by atoms with Crippen LogP contribution >= 0.6 is 15.9 Å². The average molecular weight is 346 g/mol. The van der Waals surface area contributed by atoms with Gasteiger partial charge in [0.25, 0.3) is 0 Å². The van der Waals surface area contributed by atoms with Crippen molar-refractivity contribution in [1.29, 1.82) is 0 Å². The highest BCUT2D eigenvalue weighted by Gasteiger charge is 2.32. The molecule has 2 rings (SSSR count). The second kappa shape index (κ2) is 6.37. The molecule has 1 aromatic rings. The predicted molar refractivity (Wildman–Crippen MR) is 80.9 cm³/mol. The van der Waals surface area contributed by atoms with Gasteiger partial charge in [0.2, 0.25) is 10.0 Å². The lowest BCUT2D eigenvalue weighted by atomic mass is 10.0. The first kappa shape index (κ1) is 15.0. The number of alkyl halides is 1. The van der Waals surface area contributed by atoms with Crippen molar-refractivity contribution in [1.82, 2.24) is 4.31 Å². The zero-order valence-electron chi connectivity index (χ0n) is 11.2. The predicted octanol–water partition coefficient (Wildman–Crippen LogP) is 3.53. The lowest BCUT2D eigenvalue weighted by Crippen LogP contribution is -2.43. The van der Waals surface area contributed by atoms with Gasteiger partial charge in [0.05, 0.1) is 4.90 Å². The molecule has 1 heterocycles. The summed E-state index contributed by atoms with van der Waals surface area (Å²) in [6.45, 7) is 2.72. The standard InChI is InChI=1S/C14H20BrNO2S/c1-2-13-5-3-4-10-16(13)19(17,18)14-8-6-12(11-15)7-9-14/h6-9,13H,2-5,10-11H2,1H3. The lowest BCUT2D eigenvalue weighted by Gasteiger charge is -2.34. The van der Waals surface area contributed by atoms with Gasteiger partial charge in [-0.05, 0) is 37.0 Å². The summed E-state index contributed by atoms with van der Waals surface area (Å²) in [7, 11) is -3.33. The smallest absolute Gasteiger partial charge is 0.207 e. The molecule has 0 amide bonds. The van der Waals surface area contributed by atoms with Gasteiger partial charge in [0.1, 0.15) is 0 Å². The van der Waals surface area contributed by atoms with Gasteiger partial charge in [0.15, 0.2) is 0 Å². The highest BCUT2D eigenvalue weighted by Crippen LogP contribution is 2.27. The first-order chi connectivity index (χ1) is 9.09. The van der Waals surface area contributed by atoms with E-state index in [0.29, 0.717) is 11.4 Å². The van der Waals surface area contributed by atoms with Crippen LogP contribution in [0.4, 0.5) is 0 Å². The van der Waals surface area contributed by atoms with Crippen LogP contribution in [-0.4, -0.2) is 25.3 Å². The number of halogens is 1. The highest BCUT2D eigenvalue weighted by atomic mass is 79.9. The molecular weight excluding hydrogens is 326 g/mol. The summed E-state index contributed by atoms with van der Waals surface area (Å²) in [5.74, 6) is 0. The molecule has 3 nitrogen and oxygen atoms in total. The molecule has 1 fully saturated rings. The molecule has 0 aliphatic carbocycles. The molecule has 106 valence electrons. The van der Waals surface area contributed by atoms with Gasteiger partial charge < -0.3 is 0 Å². The van der Waals surface area contributed by atoms with Crippen LogP contribution in [0.2, 0.25) is 0 Å². The molecular formula is C14H20BrNO2S. The monoisotopic (exact) mass is 345 g/mol. The van der Waals surface area contributed by atoms with Crippen LogP contribution in [0.3, 0.4) is 0 Å². The minimum atomic E-state index is -3.33. The Morgan fingerprint density at radius 3 is 2.53 bits per heavy atom. The van der Waals surface area contributed by atoms with E-state index < -0.39 is 10.0 Å². The Hall–Kier alpha value is -0.390. The van der Waals surface area contributed by atoms with Gasteiger partial charge in [-0.2, -0.15) is 4.31 Å². The summed E-state index contributed by atoms with van der Waals surface area (Å²) in [4.78, 5) is 0.414. The third-order valence-electron chi connectivity index (χ3n) is 3.73. The second-order valence-corrected chi connectivity index (χ2v) is 7.40. The van der Waals surface area contributed by atoms with E-state index in [0.717, 1.165) is 36.6 Å². The maximum absolute atomic E-state index is 12.7. The minimum Gasteiger partial charge on any atom is -0.207 e. The van der Waals surface area contributed by atoms with Crippen LogP contribution in [0, 0.1) is 0 Å². The van der Waals surface area contributed by atoms with Gasteiger partial charge in [0, 0.05) is 17.9 Å². The molecule has 0 bridgehead atoms. The van der Waals surface area contributed by atoms with Crippen molar-refractivity contribution in [3.05, 3.63) is 29.8 Å². The summed E-state index contributed by atoms with van der Waals surface area (Å²) in [5.41, 5.74) is 1.09. The SMILES string of the molecule is CCC1CCCCN1S(=O)(=O)c1ccc(CBr)cc1. The molecule has 1 unspecified atom stereocenters. The molecule has 0 N–H and O–H groups in total. The number of sulfonamides is 1. The second-order valence-electron chi connectivity index (χ2n) is 4.95. The molecule has 1 saturated heterocycles. The highest BCUT2D eigenvalue weighted by molar-refractivity contribution is 9.08. The van der Waals surface area contributed by atoms with Crippen LogP contribution in [0.1, 0.15) is 38.2 Å². The van der Waals surface area contributed by atoms with Crippen molar-refractivity contribution in [3.63, 3.8) is 0 Å². The minimum absolute atomic E-state index is 0.162. The van der Waals surface area contributed by atoms with Gasteiger partial charge in [-0.15, -0.1) is 0 Å². The van der Waals surface area contributed by atoms with Crippen LogP contribution < -0.4 is 0 Å². The Morgan fingerprint density at radius 2 is 1.95 bits per heavy atom. The first-order valence-corrected chi connectivity index (χ1v) is 9.32. The van der Waals surface area contributed by atoms with Crippen LogP contribution in [-0.2, 0) is 15.4 Å². The van der Waals surface area contributed by atoms with Gasteiger partial charge in [-0.25, -0.2) is 8.42 Å². The van der Waals surface area contributed by atoms with E-state index in [1.54, 1.807) is 16.4 Å². The Kier molecular flexibility index (Phi) is 5.03. The summed E-state index contributed by atoms with van der Waals surface area (Å²) in [5, 5.41) is 0.745. The Bertz CT molecular complexity index is 513. The molecule has 1 aliphatic rings. The number of nitrogens with zero attached hydrogens (tertiary/aromatic N) is 1. The number of hydrogen-bond acceptors (Lipinski definition) is 2. The van der Waals surface area contributed by atoms with Gasteiger partial charge in [-0.1, -0.05) is 41.4 Å². The number of hydrogen-bond donors (Lipinski definition) is 0. The van der Waals surface area contributed by atoms with Crippen LogP contribution in [0.25, 0.3) is 0 Å². The Labute approximate surface area is 124 Å². The van der Waals surface area contributed by atoms with Crippen molar-refractivity contribution in [2.24, 2.45) is 0 Å². The normalized spacial score (nSPS) is 21.5. The van der Waals surface area contributed by atoms with Crippen LogP contribution in [0.5, 0.6) is 0 Å². The Morgan fingerprint density at radius 1 is 1.26 bits per heavy atom. The number of benzene rings is 1. The maximum atomic E-state index is 12.7. The van der Waals surface area contributed by atoms with E-state index in [2.05, 4.69) is 22.9 Å².